The summed E-state index contributed by atoms with van der Waals surface area (Å²) >= 11 is 6.08. The van der Waals surface area contributed by atoms with Crippen molar-refractivity contribution in [2.24, 2.45) is 0 Å². The van der Waals surface area contributed by atoms with E-state index in [0.717, 1.165) is 37.1 Å². The Labute approximate surface area is 119 Å². The lowest BCUT2D eigenvalue weighted by molar-refractivity contribution is 0.0173. The van der Waals surface area contributed by atoms with Crippen molar-refractivity contribution in [3.8, 4) is 5.75 Å². The number of anilines is 1. The molecule has 1 aromatic rings. The van der Waals surface area contributed by atoms with Crippen LogP contribution < -0.4 is 4.90 Å². The van der Waals surface area contributed by atoms with Crippen molar-refractivity contribution in [2.75, 3.05) is 18.6 Å². The molecule has 2 rings (SSSR count). The van der Waals surface area contributed by atoms with Gasteiger partial charge >= 0.3 is 0 Å². The van der Waals surface area contributed by atoms with Gasteiger partial charge in [0.05, 0.1) is 5.02 Å². The molecule has 4 heteroatoms. The SMILES string of the molecule is C=Cc1c(N(C)C2CCCCO2)cc(C)c(Cl)c1O. The molecule has 0 aliphatic carbocycles. The van der Waals surface area contributed by atoms with Crippen LogP contribution in [-0.4, -0.2) is 25.0 Å². The van der Waals surface area contributed by atoms with E-state index in [0.29, 0.717) is 10.6 Å². The minimum atomic E-state index is 0.0485. The van der Waals surface area contributed by atoms with E-state index in [2.05, 4.69) is 11.5 Å². The third-order valence-corrected chi connectivity index (χ3v) is 4.09. The number of hydrogen-bond acceptors (Lipinski definition) is 3. The average molecular weight is 282 g/mol. The van der Waals surface area contributed by atoms with Crippen molar-refractivity contribution in [3.63, 3.8) is 0 Å². The minimum absolute atomic E-state index is 0.0485. The van der Waals surface area contributed by atoms with Crippen molar-refractivity contribution in [1.29, 1.82) is 0 Å². The summed E-state index contributed by atoms with van der Waals surface area (Å²) in [7, 11) is 1.98. The Balaban J connectivity index is 2.40. The minimum Gasteiger partial charge on any atom is -0.506 e. The Morgan fingerprint density at radius 2 is 2.26 bits per heavy atom. The van der Waals surface area contributed by atoms with Gasteiger partial charge < -0.3 is 14.7 Å². The molecule has 1 aromatic carbocycles. The third-order valence-electron chi connectivity index (χ3n) is 3.61. The summed E-state index contributed by atoms with van der Waals surface area (Å²) in [6.07, 6.45) is 4.96. The maximum atomic E-state index is 10.1. The molecular weight excluding hydrogens is 262 g/mol. The molecule has 3 nitrogen and oxygen atoms in total. The van der Waals surface area contributed by atoms with Crippen LogP contribution in [0.2, 0.25) is 5.02 Å². The van der Waals surface area contributed by atoms with Crippen LogP contribution in [0.25, 0.3) is 6.08 Å². The van der Waals surface area contributed by atoms with Crippen molar-refractivity contribution >= 4 is 23.4 Å². The lowest BCUT2D eigenvalue weighted by Gasteiger charge is -2.34. The topological polar surface area (TPSA) is 32.7 Å². The van der Waals surface area contributed by atoms with Crippen molar-refractivity contribution in [3.05, 3.63) is 28.8 Å². The number of ether oxygens (including phenoxy) is 1. The highest BCUT2D eigenvalue weighted by Crippen LogP contribution is 2.39. The summed E-state index contributed by atoms with van der Waals surface area (Å²) in [5.41, 5.74) is 2.41. The first-order valence-corrected chi connectivity index (χ1v) is 6.93. The zero-order chi connectivity index (χ0) is 14.0. The van der Waals surface area contributed by atoms with Crippen molar-refractivity contribution in [1.82, 2.24) is 0 Å². The van der Waals surface area contributed by atoms with Gasteiger partial charge in [0.25, 0.3) is 0 Å². The van der Waals surface area contributed by atoms with E-state index in [9.17, 15) is 5.11 Å². The highest BCUT2D eigenvalue weighted by Gasteiger charge is 2.23. The summed E-state index contributed by atoms with van der Waals surface area (Å²) in [5, 5.41) is 10.5. The second-order valence-corrected chi connectivity index (χ2v) is 5.30. The summed E-state index contributed by atoms with van der Waals surface area (Å²) in [6, 6.07) is 1.97. The zero-order valence-electron chi connectivity index (χ0n) is 11.4. The molecular formula is C15H20ClNO2. The molecule has 1 N–H and O–H groups in total. The molecule has 0 amide bonds. The molecule has 104 valence electrons. The molecule has 1 fully saturated rings. The molecule has 19 heavy (non-hydrogen) atoms. The van der Waals surface area contributed by atoms with E-state index in [1.54, 1.807) is 6.08 Å². The van der Waals surface area contributed by atoms with Crippen LogP contribution in [-0.2, 0) is 4.74 Å². The highest BCUT2D eigenvalue weighted by atomic mass is 35.5. The number of phenolic OH excluding ortho intramolecular Hbond substituents is 1. The fourth-order valence-electron chi connectivity index (χ4n) is 2.45. The third kappa shape index (κ3) is 2.72. The van der Waals surface area contributed by atoms with Crippen LogP contribution in [0.15, 0.2) is 12.6 Å². The van der Waals surface area contributed by atoms with E-state index in [4.69, 9.17) is 16.3 Å². The molecule has 0 bridgehead atoms. The molecule has 0 aromatic heterocycles. The smallest absolute Gasteiger partial charge is 0.143 e. The highest BCUT2D eigenvalue weighted by molar-refractivity contribution is 6.33. The molecule has 1 saturated heterocycles. The van der Waals surface area contributed by atoms with E-state index in [1.165, 1.54) is 0 Å². The number of rotatable bonds is 3. The van der Waals surface area contributed by atoms with Gasteiger partial charge in [-0.1, -0.05) is 24.3 Å². The van der Waals surface area contributed by atoms with Gasteiger partial charge in [0.2, 0.25) is 0 Å². The fraction of sp³-hybridized carbons (Fsp3) is 0.467. The van der Waals surface area contributed by atoms with E-state index in [1.807, 2.05) is 20.0 Å². The van der Waals surface area contributed by atoms with E-state index in [-0.39, 0.29) is 12.0 Å². The van der Waals surface area contributed by atoms with E-state index < -0.39 is 0 Å². The van der Waals surface area contributed by atoms with Crippen molar-refractivity contribution < 1.29 is 9.84 Å². The molecule has 0 radical (unpaired) electrons. The number of phenols is 1. The summed E-state index contributed by atoms with van der Waals surface area (Å²) in [6.45, 7) is 6.44. The number of aromatic hydroxyl groups is 1. The number of nitrogens with zero attached hydrogens (tertiary/aromatic N) is 1. The predicted octanol–water partition coefficient (Wildman–Crippen LogP) is 3.96. The summed E-state index contributed by atoms with van der Waals surface area (Å²) in [5.74, 6) is 0.0920. The van der Waals surface area contributed by atoms with Crippen LogP contribution in [0, 0.1) is 6.92 Å². The van der Waals surface area contributed by atoms with Gasteiger partial charge in [-0.25, -0.2) is 0 Å². The Kier molecular flexibility index (Phi) is 4.38. The van der Waals surface area contributed by atoms with Crippen LogP contribution in [0.4, 0.5) is 5.69 Å². The number of hydrogen-bond donors (Lipinski definition) is 1. The van der Waals surface area contributed by atoms with Gasteiger partial charge in [0.15, 0.2) is 0 Å². The van der Waals surface area contributed by atoms with Gasteiger partial charge in [-0.05, 0) is 37.8 Å². The number of halogens is 1. The monoisotopic (exact) mass is 281 g/mol. The molecule has 1 heterocycles. The Morgan fingerprint density at radius 1 is 1.53 bits per heavy atom. The Bertz CT molecular complexity index is 482. The molecule has 0 spiro atoms. The molecule has 1 atom stereocenters. The quantitative estimate of drug-likeness (QED) is 0.910. The first kappa shape index (κ1) is 14.2. The molecule has 1 unspecified atom stereocenters. The lowest BCUT2D eigenvalue weighted by Crippen LogP contribution is -2.37. The van der Waals surface area contributed by atoms with Gasteiger partial charge in [-0.15, -0.1) is 0 Å². The maximum absolute atomic E-state index is 10.1. The molecule has 1 aliphatic rings. The number of aryl methyl sites for hydroxylation is 1. The first-order chi connectivity index (χ1) is 9.06. The predicted molar refractivity (Wildman–Crippen MR) is 79.9 cm³/mol. The first-order valence-electron chi connectivity index (χ1n) is 6.55. The maximum Gasteiger partial charge on any atom is 0.143 e. The van der Waals surface area contributed by atoms with Crippen molar-refractivity contribution in [2.45, 2.75) is 32.4 Å². The zero-order valence-corrected chi connectivity index (χ0v) is 12.2. The fourth-order valence-corrected chi connectivity index (χ4v) is 2.61. The van der Waals surface area contributed by atoms with Crippen LogP contribution in [0.5, 0.6) is 5.75 Å². The van der Waals surface area contributed by atoms with Crippen LogP contribution in [0.1, 0.15) is 30.4 Å². The Hall–Kier alpha value is -1.19. The number of benzene rings is 1. The second kappa shape index (κ2) is 5.85. The molecule has 1 aliphatic heterocycles. The van der Waals surface area contributed by atoms with Crippen LogP contribution in [0.3, 0.4) is 0 Å². The molecule has 0 saturated carbocycles. The normalized spacial score (nSPS) is 19.2. The lowest BCUT2D eigenvalue weighted by atomic mass is 10.1. The Morgan fingerprint density at radius 3 is 2.84 bits per heavy atom. The van der Waals surface area contributed by atoms with Gasteiger partial charge in [-0.2, -0.15) is 0 Å². The average Bonchev–Trinajstić information content (AvgIpc) is 2.44. The second-order valence-electron chi connectivity index (χ2n) is 4.93. The van der Waals surface area contributed by atoms with Crippen LogP contribution >= 0.6 is 11.6 Å². The van der Waals surface area contributed by atoms with E-state index >= 15 is 0 Å². The standard InChI is InChI=1S/C15H20ClNO2/c1-4-11-12(9-10(2)14(16)15(11)18)17(3)13-7-5-6-8-19-13/h4,9,13,18H,1,5-8H2,2-3H3. The summed E-state index contributed by atoms with van der Waals surface area (Å²) in [4.78, 5) is 2.05. The largest absolute Gasteiger partial charge is 0.506 e. The van der Waals surface area contributed by atoms with Gasteiger partial charge in [0.1, 0.15) is 12.0 Å². The summed E-state index contributed by atoms with van der Waals surface area (Å²) < 4.78 is 5.78. The van der Waals surface area contributed by atoms with Gasteiger partial charge in [-0.3, -0.25) is 0 Å². The van der Waals surface area contributed by atoms with Gasteiger partial charge in [0, 0.05) is 24.9 Å².